The summed E-state index contributed by atoms with van der Waals surface area (Å²) in [4.78, 5) is 21.3. The standard InChI is InChI=1S/C12H16N2O6S/c1-4-20-12(15)8-13(3)21(18,19)10-6-5-9(2)11(7-10)14(16)17/h5-7H,4,8H2,1-3H3. The number of nitro benzene ring substituents is 1. The monoisotopic (exact) mass is 316 g/mol. The fourth-order valence-electron chi connectivity index (χ4n) is 1.60. The maximum atomic E-state index is 12.3. The van der Waals surface area contributed by atoms with Gasteiger partial charge in [-0.3, -0.25) is 14.9 Å². The largest absolute Gasteiger partial charge is 0.465 e. The molecule has 9 heteroatoms. The number of carbonyl (C=O) groups excluding carboxylic acids is 1. The molecule has 0 heterocycles. The highest BCUT2D eigenvalue weighted by molar-refractivity contribution is 7.89. The van der Waals surface area contributed by atoms with Crippen LogP contribution in [-0.4, -0.2) is 43.8 Å². The average molecular weight is 316 g/mol. The third-order valence-corrected chi connectivity index (χ3v) is 4.54. The first-order chi connectivity index (χ1) is 9.70. The number of carbonyl (C=O) groups is 1. The van der Waals surface area contributed by atoms with Gasteiger partial charge in [0, 0.05) is 18.7 Å². The van der Waals surface area contributed by atoms with Gasteiger partial charge in [0.25, 0.3) is 5.69 Å². The third kappa shape index (κ3) is 3.99. The Balaban J connectivity index is 3.10. The van der Waals surface area contributed by atoms with E-state index in [9.17, 15) is 23.3 Å². The van der Waals surface area contributed by atoms with E-state index in [0.717, 1.165) is 10.4 Å². The Kier molecular flexibility index (Phi) is 5.39. The van der Waals surface area contributed by atoms with Gasteiger partial charge in [0.2, 0.25) is 10.0 Å². The van der Waals surface area contributed by atoms with Gasteiger partial charge in [-0.15, -0.1) is 0 Å². The summed E-state index contributed by atoms with van der Waals surface area (Å²) in [5.74, 6) is -0.690. The number of likely N-dealkylation sites (N-methyl/N-ethyl adjacent to an activating group) is 1. The van der Waals surface area contributed by atoms with E-state index in [2.05, 4.69) is 4.74 Å². The van der Waals surface area contributed by atoms with Gasteiger partial charge >= 0.3 is 5.97 Å². The average Bonchev–Trinajstić information content (AvgIpc) is 2.38. The molecule has 0 saturated heterocycles. The molecule has 0 bridgehead atoms. The Morgan fingerprint density at radius 2 is 2.05 bits per heavy atom. The van der Waals surface area contributed by atoms with Gasteiger partial charge in [0.05, 0.1) is 16.4 Å². The molecule has 0 fully saturated rings. The zero-order valence-electron chi connectivity index (χ0n) is 11.9. The number of hydrogen-bond donors (Lipinski definition) is 0. The van der Waals surface area contributed by atoms with Crippen LogP contribution in [0.5, 0.6) is 0 Å². The minimum Gasteiger partial charge on any atom is -0.465 e. The van der Waals surface area contributed by atoms with Crippen LogP contribution in [0.15, 0.2) is 23.1 Å². The van der Waals surface area contributed by atoms with Crippen molar-refractivity contribution in [2.24, 2.45) is 0 Å². The molecule has 8 nitrogen and oxygen atoms in total. The first-order valence-electron chi connectivity index (χ1n) is 6.07. The summed E-state index contributed by atoms with van der Waals surface area (Å²) < 4.78 is 30.0. The van der Waals surface area contributed by atoms with Gasteiger partial charge in [0.15, 0.2) is 0 Å². The summed E-state index contributed by atoms with van der Waals surface area (Å²) in [5.41, 5.74) is 0.0626. The molecule has 1 aromatic rings. The maximum Gasteiger partial charge on any atom is 0.321 e. The number of ether oxygens (including phenoxy) is 1. The molecule has 0 aromatic heterocycles. The molecular formula is C12H16N2O6S. The van der Waals surface area contributed by atoms with Crippen molar-refractivity contribution in [2.75, 3.05) is 20.2 Å². The second-order valence-corrected chi connectivity index (χ2v) is 6.32. The van der Waals surface area contributed by atoms with E-state index < -0.39 is 27.5 Å². The second-order valence-electron chi connectivity index (χ2n) is 4.27. The molecule has 1 rings (SSSR count). The van der Waals surface area contributed by atoms with Crippen molar-refractivity contribution in [1.29, 1.82) is 0 Å². The number of aryl methyl sites for hydroxylation is 1. The molecule has 0 radical (unpaired) electrons. The van der Waals surface area contributed by atoms with Crippen molar-refractivity contribution in [2.45, 2.75) is 18.7 Å². The highest BCUT2D eigenvalue weighted by Gasteiger charge is 2.26. The number of hydrogen-bond acceptors (Lipinski definition) is 6. The number of sulfonamides is 1. The lowest BCUT2D eigenvalue weighted by molar-refractivity contribution is -0.385. The zero-order valence-corrected chi connectivity index (χ0v) is 12.7. The van der Waals surface area contributed by atoms with E-state index in [1.54, 1.807) is 6.92 Å². The lowest BCUT2D eigenvalue weighted by atomic mass is 10.2. The lowest BCUT2D eigenvalue weighted by Gasteiger charge is -2.16. The summed E-state index contributed by atoms with van der Waals surface area (Å²) in [6.45, 7) is 2.80. The van der Waals surface area contributed by atoms with E-state index in [1.807, 2.05) is 0 Å². The number of benzene rings is 1. The van der Waals surface area contributed by atoms with Crippen LogP contribution < -0.4 is 0 Å². The number of nitro groups is 1. The molecule has 0 N–H and O–H groups in total. The quantitative estimate of drug-likeness (QED) is 0.441. The van der Waals surface area contributed by atoms with Crippen molar-refractivity contribution in [1.82, 2.24) is 4.31 Å². The minimum atomic E-state index is -4.00. The van der Waals surface area contributed by atoms with Gasteiger partial charge in [-0.2, -0.15) is 4.31 Å². The molecule has 0 aliphatic rings. The SMILES string of the molecule is CCOC(=O)CN(C)S(=O)(=O)c1ccc(C)c([N+](=O)[O-])c1. The second kappa shape index (κ2) is 6.64. The normalized spacial score (nSPS) is 11.4. The highest BCUT2D eigenvalue weighted by atomic mass is 32.2. The van der Waals surface area contributed by atoms with Crippen molar-refractivity contribution in [3.63, 3.8) is 0 Å². The molecule has 1 aromatic carbocycles. The van der Waals surface area contributed by atoms with E-state index in [1.165, 1.54) is 26.1 Å². The van der Waals surface area contributed by atoms with E-state index in [4.69, 9.17) is 0 Å². The molecule has 0 saturated carbocycles. The van der Waals surface area contributed by atoms with E-state index in [-0.39, 0.29) is 17.2 Å². The smallest absolute Gasteiger partial charge is 0.321 e. The van der Waals surface area contributed by atoms with Crippen molar-refractivity contribution >= 4 is 21.7 Å². The first-order valence-corrected chi connectivity index (χ1v) is 7.51. The van der Waals surface area contributed by atoms with Crippen LogP contribution in [0.25, 0.3) is 0 Å². The van der Waals surface area contributed by atoms with Gasteiger partial charge in [-0.05, 0) is 19.9 Å². The van der Waals surface area contributed by atoms with Crippen LogP contribution in [0, 0.1) is 17.0 Å². The van der Waals surface area contributed by atoms with Crippen LogP contribution in [0.3, 0.4) is 0 Å². The van der Waals surface area contributed by atoms with Crippen molar-refractivity contribution < 1.29 is 22.9 Å². The van der Waals surface area contributed by atoms with Gasteiger partial charge < -0.3 is 4.74 Å². The first kappa shape index (κ1) is 17.1. The summed E-state index contributed by atoms with van der Waals surface area (Å²) in [7, 11) is -2.79. The summed E-state index contributed by atoms with van der Waals surface area (Å²) in [5, 5.41) is 10.9. The number of rotatable bonds is 6. The lowest BCUT2D eigenvalue weighted by Crippen LogP contribution is -2.33. The Morgan fingerprint density at radius 3 is 2.57 bits per heavy atom. The van der Waals surface area contributed by atoms with Crippen molar-refractivity contribution in [3.8, 4) is 0 Å². The maximum absolute atomic E-state index is 12.3. The van der Waals surface area contributed by atoms with Crippen LogP contribution in [0.4, 0.5) is 5.69 Å². The van der Waals surface area contributed by atoms with Crippen LogP contribution in [-0.2, 0) is 19.6 Å². The Bertz CT molecular complexity index is 656. The fourth-order valence-corrected chi connectivity index (χ4v) is 2.74. The molecular weight excluding hydrogens is 300 g/mol. The van der Waals surface area contributed by atoms with Crippen LogP contribution in [0.1, 0.15) is 12.5 Å². The summed E-state index contributed by atoms with van der Waals surface area (Å²) in [6.07, 6.45) is 0. The molecule has 0 aliphatic heterocycles. The predicted octanol–water partition coefficient (Wildman–Crippen LogP) is 1.09. The Labute approximate surface area is 122 Å². The molecule has 0 aliphatic carbocycles. The van der Waals surface area contributed by atoms with Crippen molar-refractivity contribution in [3.05, 3.63) is 33.9 Å². The third-order valence-electron chi connectivity index (χ3n) is 2.74. The topological polar surface area (TPSA) is 107 Å². The van der Waals surface area contributed by atoms with Gasteiger partial charge in [0.1, 0.15) is 6.54 Å². The highest BCUT2D eigenvalue weighted by Crippen LogP contribution is 2.23. The molecule has 0 spiro atoms. The van der Waals surface area contributed by atoms with E-state index >= 15 is 0 Å². The Morgan fingerprint density at radius 1 is 1.43 bits per heavy atom. The molecule has 21 heavy (non-hydrogen) atoms. The van der Waals surface area contributed by atoms with E-state index in [0.29, 0.717) is 5.56 Å². The number of nitrogens with zero attached hydrogens (tertiary/aromatic N) is 2. The molecule has 0 atom stereocenters. The van der Waals surface area contributed by atoms with Gasteiger partial charge in [-0.25, -0.2) is 8.42 Å². The van der Waals surface area contributed by atoms with Crippen LogP contribution in [0.2, 0.25) is 0 Å². The Hall–Kier alpha value is -2.00. The minimum absolute atomic E-state index is 0.142. The summed E-state index contributed by atoms with van der Waals surface area (Å²) in [6, 6.07) is 3.59. The molecule has 116 valence electrons. The van der Waals surface area contributed by atoms with Gasteiger partial charge in [-0.1, -0.05) is 6.07 Å². The zero-order chi connectivity index (χ0) is 16.2. The molecule has 0 unspecified atom stereocenters. The molecule has 0 amide bonds. The van der Waals surface area contributed by atoms with Crippen LogP contribution >= 0.6 is 0 Å². The summed E-state index contributed by atoms with van der Waals surface area (Å²) >= 11 is 0. The fraction of sp³-hybridized carbons (Fsp3) is 0.417. The number of esters is 1. The predicted molar refractivity (Wildman–Crippen MR) is 74.3 cm³/mol.